The first-order valence-corrected chi connectivity index (χ1v) is 6.09. The number of amides is 1. The van der Waals surface area contributed by atoms with Gasteiger partial charge in [-0.05, 0) is 41.6 Å². The number of hydrogen-bond acceptors (Lipinski definition) is 3. The molecule has 2 rings (SSSR count). The van der Waals surface area contributed by atoms with Gasteiger partial charge < -0.3 is 5.32 Å². The van der Waals surface area contributed by atoms with E-state index in [-0.39, 0.29) is 5.91 Å². The molecule has 1 aromatic heterocycles. The molecule has 0 radical (unpaired) electrons. The zero-order valence-corrected chi connectivity index (χ0v) is 10.4. The van der Waals surface area contributed by atoms with Crippen molar-refractivity contribution in [1.29, 1.82) is 0 Å². The summed E-state index contributed by atoms with van der Waals surface area (Å²) in [6.07, 6.45) is 0. The summed E-state index contributed by atoms with van der Waals surface area (Å²) in [5.74, 6) is -0.135. The van der Waals surface area contributed by atoms with E-state index >= 15 is 0 Å². The van der Waals surface area contributed by atoms with Crippen molar-refractivity contribution < 1.29 is 4.79 Å². The molecular weight excluding hydrogens is 248 g/mol. The van der Waals surface area contributed by atoms with Crippen molar-refractivity contribution in [3.05, 3.63) is 56.6 Å². The number of hydrogen-bond donors (Lipinski definition) is 1. The summed E-state index contributed by atoms with van der Waals surface area (Å²) in [5.41, 5.74) is 10.4. The molecule has 0 spiro atoms. The van der Waals surface area contributed by atoms with Crippen molar-refractivity contribution in [3.63, 3.8) is 0 Å². The fraction of sp³-hybridized carbons (Fsp3) is 0.0833. The van der Waals surface area contributed by atoms with Crippen LogP contribution in [0.4, 0.5) is 11.4 Å². The van der Waals surface area contributed by atoms with Gasteiger partial charge in [0, 0.05) is 16.3 Å². The van der Waals surface area contributed by atoms with Crippen LogP contribution in [0.5, 0.6) is 0 Å². The molecule has 0 saturated carbocycles. The second kappa shape index (κ2) is 5.35. The van der Waals surface area contributed by atoms with Gasteiger partial charge in [-0.15, -0.1) is 11.3 Å². The van der Waals surface area contributed by atoms with Crippen LogP contribution in [0.1, 0.15) is 15.2 Å². The van der Waals surface area contributed by atoms with Gasteiger partial charge in [0.1, 0.15) is 0 Å². The lowest BCUT2D eigenvalue weighted by Gasteiger charge is -2.07. The van der Waals surface area contributed by atoms with E-state index in [0.29, 0.717) is 16.3 Å². The van der Waals surface area contributed by atoms with Crippen molar-refractivity contribution in [2.75, 3.05) is 5.32 Å². The number of carbonyl (C=O) groups is 1. The van der Waals surface area contributed by atoms with Crippen LogP contribution in [0.15, 0.2) is 40.8 Å². The number of nitrogens with one attached hydrogen (secondary N) is 1. The molecule has 1 N–H and O–H groups in total. The largest absolute Gasteiger partial charge is 0.321 e. The number of thiophene rings is 1. The highest BCUT2D eigenvalue weighted by molar-refractivity contribution is 7.12. The molecule has 5 nitrogen and oxygen atoms in total. The van der Waals surface area contributed by atoms with Gasteiger partial charge in [-0.3, -0.25) is 4.79 Å². The Morgan fingerprint density at radius 2 is 2.28 bits per heavy atom. The molecule has 0 fully saturated rings. The molecule has 90 valence electrons. The summed E-state index contributed by atoms with van der Waals surface area (Å²) in [4.78, 5) is 15.2. The lowest BCUT2D eigenvalue weighted by atomic mass is 10.2. The van der Waals surface area contributed by atoms with Gasteiger partial charge >= 0.3 is 0 Å². The Labute approximate surface area is 108 Å². The van der Waals surface area contributed by atoms with E-state index in [2.05, 4.69) is 15.3 Å². The zero-order chi connectivity index (χ0) is 13.0. The van der Waals surface area contributed by atoms with Crippen LogP contribution in [0, 0.1) is 6.92 Å². The minimum absolute atomic E-state index is 0.135. The van der Waals surface area contributed by atoms with Gasteiger partial charge in [0.2, 0.25) is 0 Å². The van der Waals surface area contributed by atoms with Gasteiger partial charge in [-0.2, -0.15) is 0 Å². The fourth-order valence-electron chi connectivity index (χ4n) is 1.49. The van der Waals surface area contributed by atoms with E-state index in [1.54, 1.807) is 24.3 Å². The van der Waals surface area contributed by atoms with Crippen LogP contribution in [0.3, 0.4) is 0 Å². The zero-order valence-electron chi connectivity index (χ0n) is 9.62. The SMILES string of the molecule is Cc1cc(N=[N+]=[N-])ccc1NC(=O)c1cccs1. The summed E-state index contributed by atoms with van der Waals surface area (Å²) in [6.45, 7) is 1.85. The summed E-state index contributed by atoms with van der Waals surface area (Å²) in [6, 6.07) is 8.71. The van der Waals surface area contributed by atoms with Crippen LogP contribution in [-0.4, -0.2) is 5.91 Å². The second-order valence-electron chi connectivity index (χ2n) is 3.62. The van der Waals surface area contributed by atoms with Gasteiger partial charge in [0.25, 0.3) is 5.91 Å². The third kappa shape index (κ3) is 2.68. The van der Waals surface area contributed by atoms with Gasteiger partial charge in [-0.1, -0.05) is 17.2 Å². The number of anilines is 1. The van der Waals surface area contributed by atoms with Crippen LogP contribution >= 0.6 is 11.3 Å². The summed E-state index contributed by atoms with van der Waals surface area (Å²) >= 11 is 1.39. The van der Waals surface area contributed by atoms with E-state index in [1.165, 1.54) is 11.3 Å². The van der Waals surface area contributed by atoms with Crippen molar-refractivity contribution in [2.24, 2.45) is 5.11 Å². The summed E-state index contributed by atoms with van der Waals surface area (Å²) in [7, 11) is 0. The molecular formula is C12H10N4OS. The van der Waals surface area contributed by atoms with Crippen LogP contribution in [-0.2, 0) is 0 Å². The van der Waals surface area contributed by atoms with Crippen molar-refractivity contribution in [3.8, 4) is 0 Å². The number of carbonyl (C=O) groups excluding carboxylic acids is 1. The van der Waals surface area contributed by atoms with Crippen LogP contribution in [0.2, 0.25) is 0 Å². The van der Waals surface area contributed by atoms with Crippen molar-refractivity contribution in [1.82, 2.24) is 0 Å². The normalized spacial score (nSPS) is 9.61. The van der Waals surface area contributed by atoms with E-state index in [9.17, 15) is 4.79 Å². The third-order valence-electron chi connectivity index (χ3n) is 2.36. The molecule has 2 aromatic rings. The van der Waals surface area contributed by atoms with Gasteiger partial charge in [0.15, 0.2) is 0 Å². The van der Waals surface area contributed by atoms with Crippen molar-refractivity contribution >= 4 is 28.6 Å². The summed E-state index contributed by atoms with van der Waals surface area (Å²) in [5, 5.41) is 8.18. The Balaban J connectivity index is 2.20. The molecule has 0 unspecified atom stereocenters. The van der Waals surface area contributed by atoms with Gasteiger partial charge in [-0.25, -0.2) is 0 Å². The number of benzene rings is 1. The third-order valence-corrected chi connectivity index (χ3v) is 3.23. The molecule has 0 aliphatic rings. The number of nitrogens with zero attached hydrogens (tertiary/aromatic N) is 3. The first kappa shape index (κ1) is 12.2. The first-order chi connectivity index (χ1) is 8.70. The Bertz CT molecular complexity index is 615. The minimum atomic E-state index is -0.135. The highest BCUT2D eigenvalue weighted by atomic mass is 32.1. The first-order valence-electron chi connectivity index (χ1n) is 5.21. The smallest absolute Gasteiger partial charge is 0.265 e. The fourth-order valence-corrected chi connectivity index (χ4v) is 2.11. The Hall–Kier alpha value is -2.30. The Kier molecular flexibility index (Phi) is 3.62. The Morgan fingerprint density at radius 1 is 1.44 bits per heavy atom. The maximum Gasteiger partial charge on any atom is 0.265 e. The highest BCUT2D eigenvalue weighted by Gasteiger charge is 2.08. The van der Waals surface area contributed by atoms with Gasteiger partial charge in [0.05, 0.1) is 4.88 Å². The van der Waals surface area contributed by atoms with Crippen molar-refractivity contribution in [2.45, 2.75) is 6.92 Å². The molecule has 1 amide bonds. The van der Waals surface area contributed by atoms with E-state index in [0.717, 1.165) is 5.56 Å². The molecule has 0 saturated heterocycles. The Morgan fingerprint density at radius 3 is 2.89 bits per heavy atom. The number of rotatable bonds is 3. The number of azide groups is 1. The molecule has 0 aliphatic carbocycles. The van der Waals surface area contributed by atoms with E-state index < -0.39 is 0 Å². The predicted octanol–water partition coefficient (Wildman–Crippen LogP) is 4.25. The standard InChI is InChI=1S/C12H10N4OS/c1-8-7-9(15-16-13)4-5-10(8)14-12(17)11-3-2-6-18-11/h2-7H,1H3,(H,14,17). The average Bonchev–Trinajstić information content (AvgIpc) is 2.86. The number of aryl methyl sites for hydroxylation is 1. The molecule has 0 aliphatic heterocycles. The monoisotopic (exact) mass is 258 g/mol. The highest BCUT2D eigenvalue weighted by Crippen LogP contribution is 2.22. The molecule has 6 heteroatoms. The quantitative estimate of drug-likeness (QED) is 0.498. The van der Waals surface area contributed by atoms with Crippen LogP contribution < -0.4 is 5.32 Å². The summed E-state index contributed by atoms with van der Waals surface area (Å²) < 4.78 is 0. The lowest BCUT2D eigenvalue weighted by Crippen LogP contribution is -2.10. The lowest BCUT2D eigenvalue weighted by molar-refractivity contribution is 0.103. The minimum Gasteiger partial charge on any atom is -0.321 e. The maximum atomic E-state index is 11.9. The second-order valence-corrected chi connectivity index (χ2v) is 4.57. The molecule has 1 aromatic carbocycles. The van der Waals surface area contributed by atoms with E-state index in [1.807, 2.05) is 18.4 Å². The predicted molar refractivity (Wildman–Crippen MR) is 72.3 cm³/mol. The van der Waals surface area contributed by atoms with E-state index in [4.69, 9.17) is 5.53 Å². The van der Waals surface area contributed by atoms with Crippen LogP contribution in [0.25, 0.3) is 10.4 Å². The molecule has 0 bridgehead atoms. The molecule has 0 atom stereocenters. The molecule has 1 heterocycles. The topological polar surface area (TPSA) is 77.9 Å². The maximum absolute atomic E-state index is 11.9. The molecule has 18 heavy (non-hydrogen) atoms. The average molecular weight is 258 g/mol.